The predicted octanol–water partition coefficient (Wildman–Crippen LogP) is 1.99. The molecule has 1 heterocycles. The van der Waals surface area contributed by atoms with Crippen LogP contribution in [0.2, 0.25) is 0 Å². The van der Waals surface area contributed by atoms with Crippen molar-refractivity contribution in [2.75, 3.05) is 26.2 Å². The topological polar surface area (TPSA) is 29.3 Å². The molecule has 0 aromatic rings. The summed E-state index contributed by atoms with van der Waals surface area (Å²) in [6, 6.07) is 0. The average molecular weight is 208 g/mol. The predicted molar refractivity (Wildman–Crippen MR) is 62.7 cm³/mol. The van der Waals surface area contributed by atoms with Crippen LogP contribution in [0.3, 0.4) is 0 Å². The van der Waals surface area contributed by atoms with Gasteiger partial charge in [0.05, 0.1) is 0 Å². The molecule has 0 atom stereocenters. The second-order valence-electron chi connectivity index (χ2n) is 6.37. The van der Waals surface area contributed by atoms with E-state index in [-0.39, 0.29) is 0 Å². The lowest BCUT2D eigenvalue weighted by Gasteiger charge is -2.26. The van der Waals surface area contributed by atoms with Crippen molar-refractivity contribution in [3.63, 3.8) is 0 Å². The fourth-order valence-corrected chi connectivity index (χ4v) is 3.77. The highest BCUT2D eigenvalue weighted by Gasteiger charge is 2.46. The lowest BCUT2D eigenvalue weighted by molar-refractivity contribution is 0.225. The van der Waals surface area contributed by atoms with Crippen molar-refractivity contribution < 1.29 is 0 Å². The van der Waals surface area contributed by atoms with Crippen LogP contribution in [0.5, 0.6) is 0 Å². The number of hydrogen-bond acceptors (Lipinski definition) is 2. The molecular weight excluding hydrogens is 184 g/mol. The van der Waals surface area contributed by atoms with Gasteiger partial charge in [0.25, 0.3) is 0 Å². The van der Waals surface area contributed by atoms with Gasteiger partial charge in [0.2, 0.25) is 0 Å². The molecule has 86 valence electrons. The van der Waals surface area contributed by atoms with E-state index in [0.717, 1.165) is 12.0 Å². The van der Waals surface area contributed by atoms with Gasteiger partial charge < -0.3 is 10.6 Å². The molecule has 15 heavy (non-hydrogen) atoms. The van der Waals surface area contributed by atoms with Crippen LogP contribution >= 0.6 is 0 Å². The molecule has 0 aromatic carbocycles. The summed E-state index contributed by atoms with van der Waals surface area (Å²) in [5.41, 5.74) is 7.15. The van der Waals surface area contributed by atoms with Gasteiger partial charge in [-0.1, -0.05) is 12.8 Å². The van der Waals surface area contributed by atoms with Crippen LogP contribution in [0.4, 0.5) is 0 Å². The number of likely N-dealkylation sites (tertiary alicyclic amines) is 1. The van der Waals surface area contributed by atoms with Crippen LogP contribution in [0.15, 0.2) is 0 Å². The van der Waals surface area contributed by atoms with Crippen LogP contribution in [-0.2, 0) is 0 Å². The summed E-state index contributed by atoms with van der Waals surface area (Å²) in [5.74, 6) is 0. The zero-order chi connectivity index (χ0) is 10.4. The highest BCUT2D eigenvalue weighted by atomic mass is 15.2. The van der Waals surface area contributed by atoms with Crippen LogP contribution in [-0.4, -0.2) is 31.1 Å². The van der Waals surface area contributed by atoms with Gasteiger partial charge in [0.15, 0.2) is 0 Å². The van der Waals surface area contributed by atoms with Gasteiger partial charge >= 0.3 is 0 Å². The Morgan fingerprint density at radius 1 is 1.00 bits per heavy atom. The largest absolute Gasteiger partial charge is 0.330 e. The van der Waals surface area contributed by atoms with Gasteiger partial charge in [-0.05, 0) is 56.0 Å². The first kappa shape index (κ1) is 10.1. The van der Waals surface area contributed by atoms with Gasteiger partial charge in [0.1, 0.15) is 0 Å². The highest BCUT2D eigenvalue weighted by molar-refractivity contribution is 5.00. The fraction of sp³-hybridized carbons (Fsp3) is 1.00. The van der Waals surface area contributed by atoms with Gasteiger partial charge in [-0.15, -0.1) is 0 Å². The van der Waals surface area contributed by atoms with E-state index < -0.39 is 0 Å². The van der Waals surface area contributed by atoms with E-state index in [2.05, 4.69) is 4.90 Å². The number of nitrogens with zero attached hydrogens (tertiary/aromatic N) is 1. The van der Waals surface area contributed by atoms with Crippen LogP contribution in [0.25, 0.3) is 0 Å². The molecule has 2 heteroatoms. The van der Waals surface area contributed by atoms with Gasteiger partial charge in [-0.2, -0.15) is 0 Å². The van der Waals surface area contributed by atoms with Crippen molar-refractivity contribution in [3.05, 3.63) is 0 Å². The third-order valence-electron chi connectivity index (χ3n) is 5.13. The molecule has 1 spiro atoms. The van der Waals surface area contributed by atoms with Gasteiger partial charge in [-0.3, -0.25) is 0 Å². The van der Waals surface area contributed by atoms with Crippen molar-refractivity contribution in [2.24, 2.45) is 16.6 Å². The summed E-state index contributed by atoms with van der Waals surface area (Å²) in [7, 11) is 0. The van der Waals surface area contributed by atoms with E-state index in [4.69, 9.17) is 5.73 Å². The molecular formula is C13H24N2. The Bertz CT molecular complexity index is 239. The first-order valence-electron chi connectivity index (χ1n) is 6.69. The standard InChI is InChI=1S/C13H24N2/c14-9-13(5-6-13)11-15-8-7-12(10-15)3-1-2-4-12/h1-11,14H2. The van der Waals surface area contributed by atoms with E-state index in [1.165, 1.54) is 64.6 Å². The molecule has 0 amide bonds. The third-order valence-corrected chi connectivity index (χ3v) is 5.13. The Morgan fingerprint density at radius 2 is 1.73 bits per heavy atom. The molecule has 2 N–H and O–H groups in total. The second-order valence-corrected chi connectivity index (χ2v) is 6.37. The summed E-state index contributed by atoms with van der Waals surface area (Å²) in [4.78, 5) is 2.71. The van der Waals surface area contributed by atoms with Gasteiger partial charge in [0, 0.05) is 13.1 Å². The molecule has 2 nitrogen and oxygen atoms in total. The van der Waals surface area contributed by atoms with Gasteiger partial charge in [-0.25, -0.2) is 0 Å². The Labute approximate surface area is 93.2 Å². The first-order chi connectivity index (χ1) is 7.26. The first-order valence-corrected chi connectivity index (χ1v) is 6.69. The fourth-order valence-electron chi connectivity index (χ4n) is 3.77. The van der Waals surface area contributed by atoms with Crippen molar-refractivity contribution >= 4 is 0 Å². The molecule has 2 saturated carbocycles. The smallest absolute Gasteiger partial charge is 0.00503 e. The Kier molecular flexibility index (Phi) is 2.33. The molecule has 0 radical (unpaired) electrons. The third kappa shape index (κ3) is 1.83. The van der Waals surface area contributed by atoms with Crippen LogP contribution in [0.1, 0.15) is 44.9 Å². The molecule has 3 rings (SSSR count). The second kappa shape index (κ2) is 3.46. The minimum Gasteiger partial charge on any atom is -0.330 e. The molecule has 3 fully saturated rings. The van der Waals surface area contributed by atoms with E-state index in [9.17, 15) is 0 Å². The number of rotatable bonds is 3. The monoisotopic (exact) mass is 208 g/mol. The molecule has 3 aliphatic rings. The van der Waals surface area contributed by atoms with Crippen molar-refractivity contribution in [1.29, 1.82) is 0 Å². The minimum atomic E-state index is 0.546. The zero-order valence-corrected chi connectivity index (χ0v) is 9.80. The molecule has 0 unspecified atom stereocenters. The summed E-state index contributed by atoms with van der Waals surface area (Å²) >= 11 is 0. The maximum absolute atomic E-state index is 5.87. The van der Waals surface area contributed by atoms with Crippen LogP contribution < -0.4 is 5.73 Å². The quantitative estimate of drug-likeness (QED) is 0.768. The Morgan fingerprint density at radius 3 is 2.33 bits per heavy atom. The highest BCUT2D eigenvalue weighted by Crippen LogP contribution is 2.49. The van der Waals surface area contributed by atoms with Crippen molar-refractivity contribution in [1.82, 2.24) is 4.90 Å². The Balaban J connectivity index is 1.57. The van der Waals surface area contributed by atoms with E-state index in [1.807, 2.05) is 0 Å². The van der Waals surface area contributed by atoms with Crippen LogP contribution in [0, 0.1) is 10.8 Å². The molecule has 2 aliphatic carbocycles. The molecule has 0 aromatic heterocycles. The maximum atomic E-state index is 5.87. The van der Waals surface area contributed by atoms with E-state index >= 15 is 0 Å². The summed E-state index contributed by atoms with van der Waals surface area (Å²) in [6.07, 6.45) is 10.2. The summed E-state index contributed by atoms with van der Waals surface area (Å²) in [6.45, 7) is 4.94. The molecule has 1 saturated heterocycles. The number of hydrogen-bond donors (Lipinski definition) is 1. The SMILES string of the molecule is NCC1(CN2CCC3(CCCC3)C2)CC1. The van der Waals surface area contributed by atoms with E-state index in [0.29, 0.717) is 5.41 Å². The maximum Gasteiger partial charge on any atom is 0.00503 e. The zero-order valence-electron chi connectivity index (χ0n) is 9.80. The van der Waals surface area contributed by atoms with E-state index in [1.54, 1.807) is 0 Å². The normalized spacial score (nSPS) is 32.6. The number of nitrogens with two attached hydrogens (primary N) is 1. The summed E-state index contributed by atoms with van der Waals surface area (Å²) in [5, 5.41) is 0. The van der Waals surface area contributed by atoms with Crippen molar-refractivity contribution in [2.45, 2.75) is 44.9 Å². The summed E-state index contributed by atoms with van der Waals surface area (Å²) < 4.78 is 0. The Hall–Kier alpha value is -0.0800. The molecule has 0 bridgehead atoms. The lowest BCUT2D eigenvalue weighted by atomic mass is 9.86. The molecule has 1 aliphatic heterocycles. The van der Waals surface area contributed by atoms with Crippen molar-refractivity contribution in [3.8, 4) is 0 Å². The average Bonchev–Trinajstić information content (AvgIpc) is 2.71. The lowest BCUT2D eigenvalue weighted by Crippen LogP contribution is -2.34. The minimum absolute atomic E-state index is 0.546.